The Morgan fingerprint density at radius 2 is 1.65 bits per heavy atom. The van der Waals surface area contributed by atoms with Crippen LogP contribution in [0.5, 0.6) is 11.5 Å². The SMILES string of the molecule is COc1ccc(-n2sc3c(c2=S)-c2ccc(OC)cc2NC3(C)C)cc1. The Kier molecular flexibility index (Phi) is 4.04. The molecule has 4 nitrogen and oxygen atoms in total. The highest BCUT2D eigenvalue weighted by Crippen LogP contribution is 2.48. The Labute approximate surface area is 162 Å². The summed E-state index contributed by atoms with van der Waals surface area (Å²) in [5.41, 5.74) is 4.12. The van der Waals surface area contributed by atoms with Crippen molar-refractivity contribution in [3.63, 3.8) is 0 Å². The van der Waals surface area contributed by atoms with E-state index in [1.54, 1.807) is 25.8 Å². The predicted molar refractivity (Wildman–Crippen MR) is 110 cm³/mol. The number of anilines is 1. The maximum Gasteiger partial charge on any atom is 0.129 e. The number of nitrogens with zero attached hydrogens (tertiary/aromatic N) is 1. The first-order chi connectivity index (χ1) is 12.4. The molecule has 1 N–H and O–H groups in total. The normalized spacial score (nSPS) is 14.2. The van der Waals surface area contributed by atoms with Gasteiger partial charge < -0.3 is 14.8 Å². The monoisotopic (exact) mass is 384 g/mol. The van der Waals surface area contributed by atoms with Crippen molar-refractivity contribution in [2.75, 3.05) is 19.5 Å². The largest absolute Gasteiger partial charge is 0.497 e. The first-order valence-electron chi connectivity index (χ1n) is 8.32. The van der Waals surface area contributed by atoms with E-state index in [0.29, 0.717) is 0 Å². The average Bonchev–Trinajstić information content (AvgIpc) is 3.00. The second-order valence-corrected chi connectivity index (χ2v) is 8.10. The Morgan fingerprint density at radius 1 is 1.00 bits per heavy atom. The lowest BCUT2D eigenvalue weighted by atomic mass is 9.90. The van der Waals surface area contributed by atoms with Crippen LogP contribution in [0.25, 0.3) is 16.8 Å². The van der Waals surface area contributed by atoms with Crippen LogP contribution < -0.4 is 14.8 Å². The zero-order valence-corrected chi connectivity index (χ0v) is 16.8. The molecule has 1 aliphatic heterocycles. The lowest BCUT2D eigenvalue weighted by Crippen LogP contribution is -2.30. The van der Waals surface area contributed by atoms with Crippen molar-refractivity contribution < 1.29 is 9.47 Å². The van der Waals surface area contributed by atoms with Crippen molar-refractivity contribution in [2.45, 2.75) is 19.4 Å². The van der Waals surface area contributed by atoms with Gasteiger partial charge in [-0.05, 0) is 50.2 Å². The van der Waals surface area contributed by atoms with Crippen molar-refractivity contribution in [3.05, 3.63) is 52.0 Å². The van der Waals surface area contributed by atoms with Gasteiger partial charge in [0.1, 0.15) is 16.1 Å². The van der Waals surface area contributed by atoms with Gasteiger partial charge in [0.05, 0.1) is 30.3 Å². The van der Waals surface area contributed by atoms with Crippen LogP contribution in [0.2, 0.25) is 0 Å². The number of aromatic nitrogens is 1. The van der Waals surface area contributed by atoms with Crippen molar-refractivity contribution in [1.29, 1.82) is 0 Å². The third-order valence-corrected chi connectivity index (χ3v) is 6.60. The zero-order valence-electron chi connectivity index (χ0n) is 15.1. The van der Waals surface area contributed by atoms with Crippen LogP contribution in [-0.2, 0) is 5.54 Å². The molecule has 0 fully saturated rings. The van der Waals surface area contributed by atoms with Crippen LogP contribution in [0, 0.1) is 4.64 Å². The Balaban J connectivity index is 1.93. The predicted octanol–water partition coefficient (Wildman–Crippen LogP) is 5.61. The molecule has 0 aliphatic carbocycles. The van der Waals surface area contributed by atoms with Gasteiger partial charge in [0.25, 0.3) is 0 Å². The number of hydrogen-bond donors (Lipinski definition) is 1. The summed E-state index contributed by atoms with van der Waals surface area (Å²) in [6, 6.07) is 14.1. The van der Waals surface area contributed by atoms with Gasteiger partial charge in [-0.25, -0.2) is 0 Å². The Morgan fingerprint density at radius 3 is 2.31 bits per heavy atom. The molecule has 0 atom stereocenters. The minimum absolute atomic E-state index is 0.218. The smallest absolute Gasteiger partial charge is 0.129 e. The van der Waals surface area contributed by atoms with Gasteiger partial charge in [0.2, 0.25) is 0 Å². The molecule has 0 spiro atoms. The molecule has 1 aliphatic rings. The molecule has 134 valence electrons. The summed E-state index contributed by atoms with van der Waals surface area (Å²) in [4.78, 5) is 1.23. The van der Waals surface area contributed by atoms with Crippen molar-refractivity contribution in [1.82, 2.24) is 3.96 Å². The number of fused-ring (bicyclic) bond motifs is 3. The van der Waals surface area contributed by atoms with E-state index in [0.717, 1.165) is 38.6 Å². The summed E-state index contributed by atoms with van der Waals surface area (Å²) in [6.07, 6.45) is 0. The van der Waals surface area contributed by atoms with Gasteiger partial charge in [-0.3, -0.25) is 3.96 Å². The summed E-state index contributed by atoms with van der Waals surface area (Å²) in [5.74, 6) is 1.67. The van der Waals surface area contributed by atoms with E-state index >= 15 is 0 Å². The van der Waals surface area contributed by atoms with E-state index in [4.69, 9.17) is 21.7 Å². The molecule has 4 rings (SSSR count). The summed E-state index contributed by atoms with van der Waals surface area (Å²) >= 11 is 7.57. The quantitative estimate of drug-likeness (QED) is 0.595. The highest BCUT2D eigenvalue weighted by Gasteiger charge is 2.34. The molecule has 2 aromatic carbocycles. The topological polar surface area (TPSA) is 35.4 Å². The number of methoxy groups -OCH3 is 2. The highest BCUT2D eigenvalue weighted by atomic mass is 32.1. The molecule has 0 unspecified atom stereocenters. The molecule has 1 aromatic heterocycles. The summed E-state index contributed by atoms with van der Waals surface area (Å²) in [7, 11) is 3.35. The van der Waals surface area contributed by atoms with E-state index in [9.17, 15) is 0 Å². The third-order valence-electron chi connectivity index (χ3n) is 4.63. The number of ether oxygens (including phenoxy) is 2. The molecule has 6 heteroatoms. The lowest BCUT2D eigenvalue weighted by Gasteiger charge is -2.33. The van der Waals surface area contributed by atoms with Crippen molar-refractivity contribution in [3.8, 4) is 28.3 Å². The molecule has 3 aromatic rings. The summed E-state index contributed by atoms with van der Waals surface area (Å²) < 4.78 is 13.6. The zero-order chi connectivity index (χ0) is 18.5. The Hall–Kier alpha value is -2.31. The van der Waals surface area contributed by atoms with E-state index < -0.39 is 0 Å². The van der Waals surface area contributed by atoms with Crippen LogP contribution >= 0.6 is 23.8 Å². The van der Waals surface area contributed by atoms with Crippen LogP contribution in [0.4, 0.5) is 5.69 Å². The van der Waals surface area contributed by atoms with E-state index in [-0.39, 0.29) is 5.54 Å². The van der Waals surface area contributed by atoms with Gasteiger partial charge >= 0.3 is 0 Å². The first-order valence-corrected chi connectivity index (χ1v) is 9.50. The number of benzene rings is 2. The molecule has 0 bridgehead atoms. The second kappa shape index (κ2) is 6.14. The fourth-order valence-electron chi connectivity index (χ4n) is 3.29. The Bertz CT molecular complexity index is 1030. The lowest BCUT2D eigenvalue weighted by molar-refractivity contribution is 0.414. The standard InChI is InChI=1S/C20H20N2O2S2/c1-20(2)18-17(15-10-9-14(24-4)11-16(15)21-20)19(25)22(26-18)12-5-7-13(23-3)8-6-12/h5-11,21H,1-4H3. The van der Waals surface area contributed by atoms with E-state index in [1.165, 1.54) is 4.88 Å². The molecule has 0 radical (unpaired) electrons. The average molecular weight is 385 g/mol. The van der Waals surface area contributed by atoms with Crippen LogP contribution in [-0.4, -0.2) is 18.2 Å². The molecule has 26 heavy (non-hydrogen) atoms. The van der Waals surface area contributed by atoms with Crippen molar-refractivity contribution >= 4 is 29.4 Å². The van der Waals surface area contributed by atoms with Gasteiger partial charge in [-0.2, -0.15) is 0 Å². The number of hydrogen-bond acceptors (Lipinski definition) is 5. The van der Waals surface area contributed by atoms with E-state index in [1.807, 2.05) is 36.4 Å². The molecule has 0 saturated heterocycles. The van der Waals surface area contributed by atoms with Gasteiger partial charge in [-0.1, -0.05) is 23.8 Å². The maximum absolute atomic E-state index is 5.88. The molecule has 0 saturated carbocycles. The maximum atomic E-state index is 5.88. The number of rotatable bonds is 3. The molecular formula is C20H20N2O2S2. The van der Waals surface area contributed by atoms with Gasteiger partial charge in [0, 0.05) is 22.9 Å². The summed E-state index contributed by atoms with van der Waals surface area (Å²) in [6.45, 7) is 4.36. The van der Waals surface area contributed by atoms with Gasteiger partial charge in [0.15, 0.2) is 0 Å². The molecule has 2 heterocycles. The minimum Gasteiger partial charge on any atom is -0.497 e. The fourth-order valence-corrected chi connectivity index (χ4v) is 4.95. The van der Waals surface area contributed by atoms with Crippen LogP contribution in [0.1, 0.15) is 18.7 Å². The molecular weight excluding hydrogens is 364 g/mol. The third kappa shape index (κ3) is 2.61. The van der Waals surface area contributed by atoms with Crippen LogP contribution in [0.15, 0.2) is 42.5 Å². The molecule has 0 amide bonds. The number of nitrogens with one attached hydrogen (secondary N) is 1. The van der Waals surface area contributed by atoms with Crippen molar-refractivity contribution in [2.24, 2.45) is 0 Å². The summed E-state index contributed by atoms with van der Waals surface area (Å²) in [5, 5.41) is 3.63. The van der Waals surface area contributed by atoms with Crippen LogP contribution in [0.3, 0.4) is 0 Å². The van der Waals surface area contributed by atoms with E-state index in [2.05, 4.69) is 29.2 Å². The first kappa shape index (κ1) is 17.1. The fraction of sp³-hybridized carbons (Fsp3) is 0.250. The van der Waals surface area contributed by atoms with Gasteiger partial charge in [-0.15, -0.1) is 0 Å². The second-order valence-electron chi connectivity index (χ2n) is 6.75. The highest BCUT2D eigenvalue weighted by molar-refractivity contribution is 7.71. The minimum atomic E-state index is -0.218.